The normalized spacial score (nSPS) is 14.8. The third-order valence-corrected chi connectivity index (χ3v) is 3.27. The van der Waals surface area contributed by atoms with Crippen LogP contribution in [0.3, 0.4) is 0 Å². The average Bonchev–Trinajstić information content (AvgIpc) is 2.38. The van der Waals surface area contributed by atoms with E-state index in [0.717, 1.165) is 12.1 Å². The van der Waals surface area contributed by atoms with Crippen molar-refractivity contribution in [2.75, 3.05) is 0 Å². The second-order valence-corrected chi connectivity index (χ2v) is 5.16. The molecule has 0 aliphatic carbocycles. The maximum absolute atomic E-state index is 12.9. The van der Waals surface area contributed by atoms with Gasteiger partial charge in [0.2, 0.25) is 0 Å². The van der Waals surface area contributed by atoms with Gasteiger partial charge in [0.25, 0.3) is 0 Å². The first-order chi connectivity index (χ1) is 9.68. The summed E-state index contributed by atoms with van der Waals surface area (Å²) in [4.78, 5) is 0. The van der Waals surface area contributed by atoms with E-state index >= 15 is 0 Å². The number of aliphatic hydroxyl groups is 1. The summed E-state index contributed by atoms with van der Waals surface area (Å²) < 4.78 is 50.9. The van der Waals surface area contributed by atoms with Gasteiger partial charge in [-0.1, -0.05) is 30.3 Å². The lowest BCUT2D eigenvalue weighted by molar-refractivity contribution is -0.137. The van der Waals surface area contributed by atoms with Crippen molar-refractivity contribution in [2.24, 2.45) is 0 Å². The molecule has 21 heavy (non-hydrogen) atoms. The van der Waals surface area contributed by atoms with Crippen LogP contribution in [0.2, 0.25) is 0 Å². The van der Waals surface area contributed by atoms with Crippen molar-refractivity contribution in [3.8, 4) is 0 Å². The fraction of sp³-hybridized carbons (Fsp3) is 0.250. The Morgan fingerprint density at radius 3 is 2.14 bits per heavy atom. The molecule has 0 aliphatic rings. The number of hydrogen-bond acceptors (Lipinski definition) is 1. The fourth-order valence-corrected chi connectivity index (χ4v) is 2.17. The molecule has 0 saturated heterocycles. The van der Waals surface area contributed by atoms with Gasteiger partial charge in [0, 0.05) is 6.42 Å². The molecule has 112 valence electrons. The lowest BCUT2D eigenvalue weighted by atomic mass is 9.88. The van der Waals surface area contributed by atoms with Crippen LogP contribution >= 0.6 is 0 Å². The van der Waals surface area contributed by atoms with Crippen molar-refractivity contribution in [1.82, 2.24) is 0 Å². The summed E-state index contributed by atoms with van der Waals surface area (Å²) in [6, 6.07) is 10.1. The number of rotatable bonds is 3. The number of alkyl halides is 3. The largest absolute Gasteiger partial charge is 0.416 e. The smallest absolute Gasteiger partial charge is 0.385 e. The molecule has 1 unspecified atom stereocenters. The second kappa shape index (κ2) is 5.48. The molecule has 1 nitrogen and oxygen atoms in total. The van der Waals surface area contributed by atoms with Gasteiger partial charge in [-0.15, -0.1) is 0 Å². The summed E-state index contributed by atoms with van der Waals surface area (Å²) in [7, 11) is 0. The maximum Gasteiger partial charge on any atom is 0.416 e. The molecule has 2 rings (SSSR count). The molecule has 5 heteroatoms. The molecule has 0 amide bonds. The molecule has 0 spiro atoms. The molecular formula is C16H14F4O. The van der Waals surface area contributed by atoms with Crippen molar-refractivity contribution in [1.29, 1.82) is 0 Å². The van der Waals surface area contributed by atoms with Gasteiger partial charge in [-0.05, 0) is 36.2 Å². The van der Waals surface area contributed by atoms with Crippen molar-refractivity contribution in [3.05, 3.63) is 71.0 Å². The molecule has 0 aliphatic heterocycles. The topological polar surface area (TPSA) is 20.2 Å². The standard InChI is InChI=1S/C16H14F4O/c1-15(21,12-5-7-14(17)8-6-12)10-11-3-2-4-13(9-11)16(18,19)20/h2-9,21H,10H2,1H3. The van der Waals surface area contributed by atoms with Crippen LogP contribution in [0.25, 0.3) is 0 Å². The van der Waals surface area contributed by atoms with E-state index in [1.807, 2.05) is 0 Å². The highest BCUT2D eigenvalue weighted by Gasteiger charge is 2.31. The lowest BCUT2D eigenvalue weighted by Crippen LogP contribution is -2.24. The fourth-order valence-electron chi connectivity index (χ4n) is 2.17. The zero-order valence-corrected chi connectivity index (χ0v) is 11.3. The van der Waals surface area contributed by atoms with Crippen LogP contribution in [0.5, 0.6) is 0 Å². The second-order valence-electron chi connectivity index (χ2n) is 5.16. The zero-order chi connectivity index (χ0) is 15.7. The van der Waals surface area contributed by atoms with E-state index in [2.05, 4.69) is 0 Å². The lowest BCUT2D eigenvalue weighted by Gasteiger charge is -2.24. The van der Waals surface area contributed by atoms with Gasteiger partial charge in [-0.25, -0.2) is 4.39 Å². The maximum atomic E-state index is 12.9. The summed E-state index contributed by atoms with van der Waals surface area (Å²) in [5, 5.41) is 10.4. The summed E-state index contributed by atoms with van der Waals surface area (Å²) in [5.74, 6) is -0.436. The van der Waals surface area contributed by atoms with Gasteiger partial charge in [-0.3, -0.25) is 0 Å². The molecule has 0 saturated carbocycles. The summed E-state index contributed by atoms with van der Waals surface area (Å²) in [5.41, 5.74) is -1.33. The van der Waals surface area contributed by atoms with E-state index in [1.165, 1.54) is 43.3 Å². The van der Waals surface area contributed by atoms with Crippen molar-refractivity contribution in [3.63, 3.8) is 0 Å². The molecule has 1 atom stereocenters. The van der Waals surface area contributed by atoms with Crippen molar-refractivity contribution in [2.45, 2.75) is 25.1 Å². The monoisotopic (exact) mass is 298 g/mol. The Morgan fingerprint density at radius 1 is 0.952 bits per heavy atom. The van der Waals surface area contributed by atoms with Crippen LogP contribution < -0.4 is 0 Å². The van der Waals surface area contributed by atoms with Crippen molar-refractivity contribution < 1.29 is 22.7 Å². The molecule has 2 aromatic rings. The van der Waals surface area contributed by atoms with Crippen LogP contribution in [-0.4, -0.2) is 5.11 Å². The van der Waals surface area contributed by atoms with E-state index in [0.29, 0.717) is 11.1 Å². The molecule has 0 fully saturated rings. The van der Waals surface area contributed by atoms with Gasteiger partial charge in [-0.2, -0.15) is 13.2 Å². The number of hydrogen-bond donors (Lipinski definition) is 1. The van der Waals surface area contributed by atoms with Gasteiger partial charge >= 0.3 is 6.18 Å². The van der Waals surface area contributed by atoms with E-state index in [1.54, 1.807) is 0 Å². The third kappa shape index (κ3) is 3.82. The van der Waals surface area contributed by atoms with E-state index < -0.39 is 23.2 Å². The average molecular weight is 298 g/mol. The highest BCUT2D eigenvalue weighted by molar-refractivity contribution is 5.30. The number of halogens is 4. The van der Waals surface area contributed by atoms with Gasteiger partial charge in [0.1, 0.15) is 5.82 Å². The number of benzene rings is 2. The summed E-state index contributed by atoms with van der Waals surface area (Å²) in [6.07, 6.45) is -4.42. The Kier molecular flexibility index (Phi) is 4.05. The first-order valence-electron chi connectivity index (χ1n) is 6.33. The van der Waals surface area contributed by atoms with Crippen LogP contribution in [0.1, 0.15) is 23.6 Å². The minimum atomic E-state index is -4.42. The van der Waals surface area contributed by atoms with Gasteiger partial charge in [0.15, 0.2) is 0 Å². The van der Waals surface area contributed by atoms with Crippen LogP contribution in [0.4, 0.5) is 17.6 Å². The predicted molar refractivity (Wildman–Crippen MR) is 71.1 cm³/mol. The molecule has 0 radical (unpaired) electrons. The highest BCUT2D eigenvalue weighted by Crippen LogP contribution is 2.31. The first kappa shape index (κ1) is 15.5. The Balaban J connectivity index is 2.26. The first-order valence-corrected chi connectivity index (χ1v) is 6.33. The Bertz CT molecular complexity index is 615. The SMILES string of the molecule is CC(O)(Cc1cccc(C(F)(F)F)c1)c1ccc(F)cc1. The summed E-state index contributed by atoms with van der Waals surface area (Å²) >= 11 is 0. The summed E-state index contributed by atoms with van der Waals surface area (Å²) in [6.45, 7) is 1.49. The van der Waals surface area contributed by atoms with E-state index in [-0.39, 0.29) is 6.42 Å². The van der Waals surface area contributed by atoms with Crippen LogP contribution in [0, 0.1) is 5.82 Å². The minimum absolute atomic E-state index is 0.00253. The van der Waals surface area contributed by atoms with Gasteiger partial charge in [0.05, 0.1) is 11.2 Å². The molecular weight excluding hydrogens is 284 g/mol. The molecule has 0 bridgehead atoms. The Labute approximate surface area is 119 Å². The molecule has 0 heterocycles. The van der Waals surface area contributed by atoms with Crippen LogP contribution in [0.15, 0.2) is 48.5 Å². The van der Waals surface area contributed by atoms with Crippen LogP contribution in [-0.2, 0) is 18.2 Å². The van der Waals surface area contributed by atoms with E-state index in [9.17, 15) is 22.7 Å². The quantitative estimate of drug-likeness (QED) is 0.838. The minimum Gasteiger partial charge on any atom is -0.385 e. The zero-order valence-electron chi connectivity index (χ0n) is 11.3. The Morgan fingerprint density at radius 2 is 1.57 bits per heavy atom. The van der Waals surface area contributed by atoms with Crippen molar-refractivity contribution >= 4 is 0 Å². The molecule has 1 N–H and O–H groups in total. The van der Waals surface area contributed by atoms with Gasteiger partial charge < -0.3 is 5.11 Å². The van der Waals surface area contributed by atoms with E-state index in [4.69, 9.17) is 0 Å². The highest BCUT2D eigenvalue weighted by atomic mass is 19.4. The Hall–Kier alpha value is -1.88. The molecule has 2 aromatic carbocycles. The third-order valence-electron chi connectivity index (χ3n) is 3.27. The predicted octanol–water partition coefficient (Wildman–Crippen LogP) is 4.29. The molecule has 0 aromatic heterocycles.